The standard InChI is InChI=1S/C14H15N3O2S/c1-2-19-14(18)12-9-8-15-6-5-10(9)16-13(17-12)11-4-3-7-20-11/h3-4,7,15H,2,5-6,8H2,1H3. The molecule has 1 aliphatic heterocycles. The number of esters is 1. The third-order valence-corrected chi connectivity index (χ3v) is 4.01. The zero-order valence-corrected chi connectivity index (χ0v) is 12.0. The SMILES string of the molecule is CCOC(=O)c1nc(-c2cccs2)nc2c1CNCC2. The van der Waals surface area contributed by atoms with Crippen molar-refractivity contribution in [3.8, 4) is 10.7 Å². The van der Waals surface area contributed by atoms with E-state index in [9.17, 15) is 4.79 Å². The summed E-state index contributed by atoms with van der Waals surface area (Å²) in [5.74, 6) is 0.247. The Bertz CT molecular complexity index is 626. The first-order chi connectivity index (χ1) is 9.79. The second-order valence-electron chi connectivity index (χ2n) is 4.45. The Morgan fingerprint density at radius 1 is 1.50 bits per heavy atom. The minimum Gasteiger partial charge on any atom is -0.461 e. The summed E-state index contributed by atoms with van der Waals surface area (Å²) in [5.41, 5.74) is 2.22. The number of hydrogen-bond acceptors (Lipinski definition) is 6. The molecule has 2 aromatic heterocycles. The lowest BCUT2D eigenvalue weighted by molar-refractivity contribution is 0.0517. The Kier molecular flexibility index (Phi) is 3.75. The third-order valence-electron chi connectivity index (χ3n) is 3.14. The summed E-state index contributed by atoms with van der Waals surface area (Å²) in [6, 6.07) is 3.91. The maximum atomic E-state index is 12.1. The Morgan fingerprint density at radius 2 is 2.40 bits per heavy atom. The van der Waals surface area contributed by atoms with E-state index in [0.29, 0.717) is 24.7 Å². The molecule has 0 radical (unpaired) electrons. The highest BCUT2D eigenvalue weighted by Gasteiger charge is 2.23. The van der Waals surface area contributed by atoms with E-state index in [2.05, 4.69) is 15.3 Å². The van der Waals surface area contributed by atoms with Gasteiger partial charge in [0, 0.05) is 25.1 Å². The van der Waals surface area contributed by atoms with Gasteiger partial charge in [-0.1, -0.05) is 6.07 Å². The van der Waals surface area contributed by atoms with Crippen LogP contribution >= 0.6 is 11.3 Å². The minimum absolute atomic E-state index is 0.347. The minimum atomic E-state index is -0.368. The molecule has 0 aliphatic carbocycles. The molecule has 104 valence electrons. The van der Waals surface area contributed by atoms with E-state index in [1.807, 2.05) is 17.5 Å². The molecule has 3 rings (SSSR count). The number of nitrogens with one attached hydrogen (secondary N) is 1. The first kappa shape index (κ1) is 13.2. The van der Waals surface area contributed by atoms with Gasteiger partial charge >= 0.3 is 5.97 Å². The molecule has 0 atom stereocenters. The van der Waals surface area contributed by atoms with Crippen molar-refractivity contribution in [2.75, 3.05) is 13.2 Å². The van der Waals surface area contributed by atoms with E-state index >= 15 is 0 Å². The van der Waals surface area contributed by atoms with Crippen molar-refractivity contribution in [1.29, 1.82) is 0 Å². The fourth-order valence-electron chi connectivity index (χ4n) is 2.23. The second kappa shape index (κ2) is 5.68. The van der Waals surface area contributed by atoms with Gasteiger partial charge in [-0.05, 0) is 18.4 Å². The van der Waals surface area contributed by atoms with E-state index in [1.54, 1.807) is 18.3 Å². The van der Waals surface area contributed by atoms with Crippen LogP contribution in [0.25, 0.3) is 10.7 Å². The lowest BCUT2D eigenvalue weighted by atomic mass is 10.1. The topological polar surface area (TPSA) is 64.1 Å². The molecular formula is C14H15N3O2S. The largest absolute Gasteiger partial charge is 0.461 e. The van der Waals surface area contributed by atoms with Crippen LogP contribution < -0.4 is 5.32 Å². The number of carbonyl (C=O) groups excluding carboxylic acids is 1. The number of fused-ring (bicyclic) bond motifs is 1. The molecule has 6 heteroatoms. The first-order valence-corrected chi connectivity index (χ1v) is 7.49. The second-order valence-corrected chi connectivity index (χ2v) is 5.39. The summed E-state index contributed by atoms with van der Waals surface area (Å²) >= 11 is 1.57. The Morgan fingerprint density at radius 3 is 3.15 bits per heavy atom. The van der Waals surface area contributed by atoms with Crippen LogP contribution in [0.15, 0.2) is 17.5 Å². The summed E-state index contributed by atoms with van der Waals surface area (Å²) in [4.78, 5) is 22.1. The molecule has 2 aromatic rings. The Hall–Kier alpha value is -1.79. The maximum absolute atomic E-state index is 12.1. The Labute approximate surface area is 121 Å². The molecule has 0 bridgehead atoms. The van der Waals surface area contributed by atoms with E-state index in [0.717, 1.165) is 29.1 Å². The van der Waals surface area contributed by atoms with Gasteiger partial charge in [-0.3, -0.25) is 0 Å². The van der Waals surface area contributed by atoms with Gasteiger partial charge in [0.05, 0.1) is 17.2 Å². The van der Waals surface area contributed by atoms with Gasteiger partial charge in [-0.15, -0.1) is 11.3 Å². The number of aromatic nitrogens is 2. The normalized spacial score (nSPS) is 13.8. The van der Waals surface area contributed by atoms with Crippen LogP contribution in [0.3, 0.4) is 0 Å². The van der Waals surface area contributed by atoms with Gasteiger partial charge in [0.25, 0.3) is 0 Å². The highest BCUT2D eigenvalue weighted by atomic mass is 32.1. The van der Waals surface area contributed by atoms with E-state index in [4.69, 9.17) is 4.74 Å². The summed E-state index contributed by atoms with van der Waals surface area (Å²) in [6.07, 6.45) is 0.808. The molecule has 3 heterocycles. The molecule has 0 spiro atoms. The summed E-state index contributed by atoms with van der Waals surface area (Å²) in [5, 5.41) is 5.22. The first-order valence-electron chi connectivity index (χ1n) is 6.61. The van der Waals surface area contributed by atoms with Crippen LogP contribution in [-0.4, -0.2) is 29.1 Å². The summed E-state index contributed by atoms with van der Waals surface area (Å²) in [6.45, 7) is 3.63. The van der Waals surface area contributed by atoms with E-state index in [-0.39, 0.29) is 5.97 Å². The molecule has 0 fully saturated rings. The number of hydrogen-bond donors (Lipinski definition) is 1. The van der Waals surface area contributed by atoms with Crippen molar-refractivity contribution in [3.63, 3.8) is 0 Å². The number of nitrogens with zero attached hydrogens (tertiary/aromatic N) is 2. The number of ether oxygens (including phenoxy) is 1. The fraction of sp³-hybridized carbons (Fsp3) is 0.357. The number of thiophene rings is 1. The van der Waals surface area contributed by atoms with Gasteiger partial charge in [0.15, 0.2) is 11.5 Å². The van der Waals surface area contributed by atoms with Gasteiger partial charge in [-0.2, -0.15) is 0 Å². The van der Waals surface area contributed by atoms with Crippen LogP contribution in [0.4, 0.5) is 0 Å². The molecule has 0 saturated carbocycles. The molecule has 5 nitrogen and oxygen atoms in total. The van der Waals surface area contributed by atoms with Crippen molar-refractivity contribution in [2.45, 2.75) is 19.9 Å². The lowest BCUT2D eigenvalue weighted by Gasteiger charge is -2.19. The molecular weight excluding hydrogens is 274 g/mol. The molecule has 0 saturated heterocycles. The Balaban J connectivity index is 2.10. The monoisotopic (exact) mass is 289 g/mol. The van der Waals surface area contributed by atoms with Crippen LogP contribution in [0.2, 0.25) is 0 Å². The summed E-state index contributed by atoms with van der Waals surface area (Å²) < 4.78 is 5.11. The van der Waals surface area contributed by atoms with Crippen molar-refractivity contribution in [2.24, 2.45) is 0 Å². The van der Waals surface area contributed by atoms with Gasteiger partial charge in [0.2, 0.25) is 0 Å². The molecule has 1 N–H and O–H groups in total. The highest BCUT2D eigenvalue weighted by Crippen LogP contribution is 2.25. The zero-order chi connectivity index (χ0) is 13.9. The smallest absolute Gasteiger partial charge is 0.357 e. The van der Waals surface area contributed by atoms with E-state index in [1.165, 1.54) is 0 Å². The summed E-state index contributed by atoms with van der Waals surface area (Å²) in [7, 11) is 0. The quantitative estimate of drug-likeness (QED) is 0.876. The third kappa shape index (κ3) is 2.44. The van der Waals surface area contributed by atoms with Gasteiger partial charge in [0.1, 0.15) is 0 Å². The maximum Gasteiger partial charge on any atom is 0.357 e. The van der Waals surface area contributed by atoms with Gasteiger partial charge < -0.3 is 10.1 Å². The molecule has 0 unspecified atom stereocenters. The fourth-order valence-corrected chi connectivity index (χ4v) is 2.88. The number of rotatable bonds is 3. The molecule has 0 aromatic carbocycles. The highest BCUT2D eigenvalue weighted by molar-refractivity contribution is 7.13. The van der Waals surface area contributed by atoms with Crippen LogP contribution in [-0.2, 0) is 17.7 Å². The van der Waals surface area contributed by atoms with Crippen molar-refractivity contribution in [1.82, 2.24) is 15.3 Å². The van der Waals surface area contributed by atoms with Crippen LogP contribution in [0.1, 0.15) is 28.7 Å². The zero-order valence-electron chi connectivity index (χ0n) is 11.2. The molecule has 20 heavy (non-hydrogen) atoms. The predicted molar refractivity (Wildman–Crippen MR) is 76.7 cm³/mol. The van der Waals surface area contributed by atoms with Crippen LogP contribution in [0.5, 0.6) is 0 Å². The van der Waals surface area contributed by atoms with Crippen molar-refractivity contribution in [3.05, 3.63) is 34.5 Å². The average molecular weight is 289 g/mol. The van der Waals surface area contributed by atoms with Crippen molar-refractivity contribution < 1.29 is 9.53 Å². The molecule has 1 aliphatic rings. The molecule has 0 amide bonds. The van der Waals surface area contributed by atoms with Gasteiger partial charge in [-0.25, -0.2) is 14.8 Å². The lowest BCUT2D eigenvalue weighted by Crippen LogP contribution is -2.28. The average Bonchev–Trinajstić information content (AvgIpc) is 3.00. The number of carbonyl (C=O) groups is 1. The predicted octanol–water partition coefficient (Wildman–Crippen LogP) is 2.03. The van der Waals surface area contributed by atoms with Crippen LogP contribution in [0, 0.1) is 0 Å². The van der Waals surface area contributed by atoms with Crippen molar-refractivity contribution >= 4 is 17.3 Å². The van der Waals surface area contributed by atoms with E-state index < -0.39 is 0 Å².